The number of rotatable bonds is 3. The molecule has 1 saturated carbocycles. The highest BCUT2D eigenvalue weighted by atomic mass is 16.3. The first-order valence-electron chi connectivity index (χ1n) is 4.71. The van der Waals surface area contributed by atoms with Crippen molar-refractivity contribution in [3.63, 3.8) is 0 Å². The van der Waals surface area contributed by atoms with Gasteiger partial charge in [0.05, 0.1) is 0 Å². The monoisotopic (exact) mass is 191 g/mol. The Kier molecular flexibility index (Phi) is 2.13. The number of carbonyl (C=O) groups is 1. The van der Waals surface area contributed by atoms with Gasteiger partial charge in [-0.3, -0.25) is 10.5 Å². The van der Waals surface area contributed by atoms with Crippen molar-refractivity contribution < 1.29 is 9.90 Å². The van der Waals surface area contributed by atoms with E-state index in [2.05, 4.69) is 0 Å². The van der Waals surface area contributed by atoms with Crippen LogP contribution in [0.25, 0.3) is 0 Å². The third-order valence-corrected chi connectivity index (χ3v) is 2.71. The van der Waals surface area contributed by atoms with E-state index in [0.717, 1.165) is 19.1 Å². The molecule has 0 aliphatic heterocycles. The first-order chi connectivity index (χ1) is 6.64. The van der Waals surface area contributed by atoms with Crippen molar-refractivity contribution in [2.45, 2.75) is 18.6 Å². The van der Waals surface area contributed by atoms with E-state index in [-0.39, 0.29) is 5.92 Å². The lowest BCUT2D eigenvalue weighted by Crippen LogP contribution is -2.38. The van der Waals surface area contributed by atoms with Crippen LogP contribution in [0.4, 0.5) is 0 Å². The molecule has 0 spiro atoms. The van der Waals surface area contributed by atoms with E-state index in [9.17, 15) is 9.90 Å². The molecule has 0 heterocycles. The maximum Gasteiger partial charge on any atom is 0.150 e. The average Bonchev–Trinajstić information content (AvgIpc) is 3.01. The summed E-state index contributed by atoms with van der Waals surface area (Å²) in [5, 5.41) is 9.98. The molecule has 14 heavy (non-hydrogen) atoms. The zero-order chi connectivity index (χ0) is 10.2. The summed E-state index contributed by atoms with van der Waals surface area (Å²) in [6.07, 6.45) is 2.72. The molecular weight excluding hydrogens is 178 g/mol. The van der Waals surface area contributed by atoms with Gasteiger partial charge < -0.3 is 5.11 Å². The first kappa shape index (κ1) is 9.37. The molecule has 1 fully saturated rings. The lowest BCUT2D eigenvalue weighted by atomic mass is 9.98. The second-order valence-corrected chi connectivity index (χ2v) is 3.84. The fraction of sp³-hybridized carbons (Fsp3) is 0.364. The van der Waals surface area contributed by atoms with E-state index in [1.165, 1.54) is 0 Å². The molecule has 1 aromatic rings. The Bertz CT molecular complexity index is 339. The van der Waals surface area contributed by atoms with E-state index in [0.29, 0.717) is 11.1 Å². The lowest BCUT2D eigenvalue weighted by molar-refractivity contribution is 0.0196. The summed E-state index contributed by atoms with van der Waals surface area (Å²) in [5.74, 6) is 0.171. The summed E-state index contributed by atoms with van der Waals surface area (Å²) in [7, 11) is 0. The van der Waals surface area contributed by atoms with Gasteiger partial charge in [0, 0.05) is 11.5 Å². The summed E-state index contributed by atoms with van der Waals surface area (Å²) < 4.78 is 0. The van der Waals surface area contributed by atoms with E-state index < -0.39 is 5.72 Å². The quantitative estimate of drug-likeness (QED) is 0.553. The van der Waals surface area contributed by atoms with E-state index >= 15 is 0 Å². The third kappa shape index (κ3) is 1.56. The van der Waals surface area contributed by atoms with E-state index in [4.69, 9.17) is 5.73 Å². The smallest absolute Gasteiger partial charge is 0.150 e. The molecule has 0 bridgehead atoms. The number of aliphatic hydroxyl groups is 1. The van der Waals surface area contributed by atoms with Crippen LogP contribution in [0.15, 0.2) is 24.3 Å². The van der Waals surface area contributed by atoms with Gasteiger partial charge in [-0.2, -0.15) is 0 Å². The van der Waals surface area contributed by atoms with Crippen LogP contribution in [-0.4, -0.2) is 11.4 Å². The summed E-state index contributed by atoms with van der Waals surface area (Å²) in [6, 6.07) is 6.76. The number of nitrogens with two attached hydrogens (primary N) is 1. The standard InChI is InChI=1S/C11H13NO2/c12-11(14,10-5-6-10)9-3-1-8(7-13)2-4-9/h1-4,7,10,14H,5-6,12H2/t11-/m0/s1. The predicted octanol–water partition coefficient (Wildman–Crippen LogP) is 1.01. The summed E-state index contributed by atoms with van der Waals surface area (Å²) in [5.41, 5.74) is 5.86. The molecule has 2 rings (SSSR count). The van der Waals surface area contributed by atoms with Gasteiger partial charge in [-0.1, -0.05) is 24.3 Å². The zero-order valence-corrected chi connectivity index (χ0v) is 7.81. The number of hydrogen-bond donors (Lipinski definition) is 2. The molecule has 0 amide bonds. The Hall–Kier alpha value is -1.19. The summed E-state index contributed by atoms with van der Waals surface area (Å²) in [4.78, 5) is 10.4. The Morgan fingerprint density at radius 1 is 1.36 bits per heavy atom. The molecule has 0 saturated heterocycles. The topological polar surface area (TPSA) is 63.3 Å². The van der Waals surface area contributed by atoms with Crippen molar-refractivity contribution in [2.75, 3.05) is 0 Å². The van der Waals surface area contributed by atoms with Gasteiger partial charge in [-0.05, 0) is 18.4 Å². The van der Waals surface area contributed by atoms with Crippen molar-refractivity contribution >= 4 is 6.29 Å². The molecule has 1 aliphatic rings. The van der Waals surface area contributed by atoms with Crippen LogP contribution in [0.3, 0.4) is 0 Å². The van der Waals surface area contributed by atoms with Crippen LogP contribution in [0.5, 0.6) is 0 Å². The third-order valence-electron chi connectivity index (χ3n) is 2.71. The van der Waals surface area contributed by atoms with Gasteiger partial charge in [-0.15, -0.1) is 0 Å². The maximum atomic E-state index is 10.4. The summed E-state index contributed by atoms with van der Waals surface area (Å²) in [6.45, 7) is 0. The van der Waals surface area contributed by atoms with E-state index in [1.54, 1.807) is 24.3 Å². The molecule has 1 aliphatic carbocycles. The fourth-order valence-corrected chi connectivity index (χ4v) is 1.59. The summed E-state index contributed by atoms with van der Waals surface area (Å²) >= 11 is 0. The minimum absolute atomic E-state index is 0.171. The number of carbonyl (C=O) groups excluding carboxylic acids is 1. The van der Waals surface area contributed by atoms with Crippen molar-refractivity contribution in [3.05, 3.63) is 35.4 Å². The van der Waals surface area contributed by atoms with Gasteiger partial charge in [0.25, 0.3) is 0 Å². The van der Waals surface area contributed by atoms with Crippen LogP contribution in [0.2, 0.25) is 0 Å². The first-order valence-corrected chi connectivity index (χ1v) is 4.71. The van der Waals surface area contributed by atoms with Gasteiger partial charge in [0.1, 0.15) is 12.0 Å². The second-order valence-electron chi connectivity index (χ2n) is 3.84. The van der Waals surface area contributed by atoms with Gasteiger partial charge in [0.2, 0.25) is 0 Å². The highest BCUT2D eigenvalue weighted by Crippen LogP contribution is 2.42. The highest BCUT2D eigenvalue weighted by Gasteiger charge is 2.41. The molecule has 3 heteroatoms. The van der Waals surface area contributed by atoms with Crippen molar-refractivity contribution in [2.24, 2.45) is 11.7 Å². The molecule has 0 aromatic heterocycles. The Morgan fingerprint density at radius 3 is 2.36 bits per heavy atom. The van der Waals surface area contributed by atoms with Crippen molar-refractivity contribution in [1.29, 1.82) is 0 Å². The van der Waals surface area contributed by atoms with Gasteiger partial charge in [0.15, 0.2) is 0 Å². The minimum atomic E-state index is -1.22. The SMILES string of the molecule is N[C@](O)(c1ccc(C=O)cc1)C1CC1. The number of hydrogen-bond acceptors (Lipinski definition) is 3. The molecule has 1 atom stereocenters. The zero-order valence-electron chi connectivity index (χ0n) is 7.81. The molecule has 0 unspecified atom stereocenters. The number of benzene rings is 1. The predicted molar refractivity (Wildman–Crippen MR) is 52.6 cm³/mol. The Morgan fingerprint density at radius 2 is 1.93 bits per heavy atom. The normalized spacial score (nSPS) is 20.1. The van der Waals surface area contributed by atoms with Crippen LogP contribution in [0, 0.1) is 5.92 Å². The molecule has 3 N–H and O–H groups in total. The molecule has 74 valence electrons. The average molecular weight is 191 g/mol. The molecule has 1 aromatic carbocycles. The lowest BCUT2D eigenvalue weighted by Gasteiger charge is -2.23. The van der Waals surface area contributed by atoms with Crippen LogP contribution >= 0.6 is 0 Å². The van der Waals surface area contributed by atoms with Crippen LogP contribution in [-0.2, 0) is 5.72 Å². The highest BCUT2D eigenvalue weighted by molar-refractivity contribution is 5.74. The Labute approximate surface area is 82.5 Å². The molecule has 3 nitrogen and oxygen atoms in total. The second kappa shape index (κ2) is 3.19. The molecular formula is C11H13NO2. The largest absolute Gasteiger partial charge is 0.371 e. The Balaban J connectivity index is 2.27. The maximum absolute atomic E-state index is 10.4. The van der Waals surface area contributed by atoms with Crippen molar-refractivity contribution in [3.8, 4) is 0 Å². The van der Waals surface area contributed by atoms with E-state index in [1.807, 2.05) is 0 Å². The van der Waals surface area contributed by atoms with Crippen LogP contribution < -0.4 is 5.73 Å². The van der Waals surface area contributed by atoms with Gasteiger partial charge >= 0.3 is 0 Å². The van der Waals surface area contributed by atoms with Crippen molar-refractivity contribution in [1.82, 2.24) is 0 Å². The molecule has 0 radical (unpaired) electrons. The number of aldehydes is 1. The van der Waals surface area contributed by atoms with Crippen LogP contribution in [0.1, 0.15) is 28.8 Å². The fourth-order valence-electron chi connectivity index (χ4n) is 1.59. The minimum Gasteiger partial charge on any atom is -0.371 e. The van der Waals surface area contributed by atoms with Gasteiger partial charge in [-0.25, -0.2) is 0 Å².